The Morgan fingerprint density at radius 3 is 2.78 bits per heavy atom. The van der Waals surface area contributed by atoms with Crippen LogP contribution in [0.3, 0.4) is 0 Å². The standard InChI is InChI=1S/C16H13BrN2O3S/c1-3-22-16(21)13-9(2)12(8-18)15(23-13)19-14(20)10-5-4-6-11(17)7-10/h4-7H,3H2,1-2H3,(H,19,20). The van der Waals surface area contributed by atoms with Crippen molar-refractivity contribution >= 4 is 44.1 Å². The summed E-state index contributed by atoms with van der Waals surface area (Å²) >= 11 is 4.35. The zero-order valence-electron chi connectivity index (χ0n) is 12.5. The summed E-state index contributed by atoms with van der Waals surface area (Å²) in [5, 5.41) is 12.3. The first-order valence-corrected chi connectivity index (χ1v) is 8.36. The molecule has 0 atom stereocenters. The van der Waals surface area contributed by atoms with Crippen LogP contribution in [0, 0.1) is 18.3 Å². The number of rotatable bonds is 4. The van der Waals surface area contributed by atoms with Crippen LogP contribution < -0.4 is 5.32 Å². The van der Waals surface area contributed by atoms with Gasteiger partial charge in [-0.05, 0) is 37.6 Å². The van der Waals surface area contributed by atoms with Crippen LogP contribution in [0.25, 0.3) is 0 Å². The Hall–Kier alpha value is -2.17. The Bertz CT molecular complexity index is 808. The van der Waals surface area contributed by atoms with Gasteiger partial charge in [0.05, 0.1) is 12.2 Å². The summed E-state index contributed by atoms with van der Waals surface area (Å²) in [4.78, 5) is 24.5. The van der Waals surface area contributed by atoms with Crippen molar-refractivity contribution < 1.29 is 14.3 Å². The normalized spacial score (nSPS) is 10.0. The van der Waals surface area contributed by atoms with Crippen molar-refractivity contribution in [3.8, 4) is 6.07 Å². The van der Waals surface area contributed by atoms with Gasteiger partial charge in [-0.25, -0.2) is 4.79 Å². The third-order valence-electron chi connectivity index (χ3n) is 3.03. The van der Waals surface area contributed by atoms with Crippen LogP contribution in [0.2, 0.25) is 0 Å². The fraction of sp³-hybridized carbons (Fsp3) is 0.188. The quantitative estimate of drug-likeness (QED) is 0.793. The molecule has 2 aromatic rings. The SMILES string of the molecule is CCOC(=O)c1sc(NC(=O)c2cccc(Br)c2)c(C#N)c1C. The number of carbonyl (C=O) groups excluding carboxylic acids is 2. The van der Waals surface area contributed by atoms with Crippen LogP contribution in [0.1, 0.15) is 38.1 Å². The molecule has 0 bridgehead atoms. The minimum Gasteiger partial charge on any atom is -0.462 e. The molecule has 0 aliphatic rings. The van der Waals surface area contributed by atoms with Crippen molar-refractivity contribution in [1.82, 2.24) is 0 Å². The molecule has 7 heteroatoms. The molecular formula is C16H13BrN2O3S. The highest BCUT2D eigenvalue weighted by atomic mass is 79.9. The van der Waals surface area contributed by atoms with Gasteiger partial charge in [0.15, 0.2) is 0 Å². The number of nitrogens with zero attached hydrogens (tertiary/aromatic N) is 1. The molecule has 0 aliphatic heterocycles. The van der Waals surface area contributed by atoms with Crippen LogP contribution in [-0.4, -0.2) is 18.5 Å². The molecule has 0 aliphatic carbocycles. The number of hydrogen-bond donors (Lipinski definition) is 1. The van der Waals surface area contributed by atoms with Crippen molar-refractivity contribution in [2.45, 2.75) is 13.8 Å². The van der Waals surface area contributed by atoms with Gasteiger partial charge in [0.2, 0.25) is 0 Å². The highest BCUT2D eigenvalue weighted by Crippen LogP contribution is 2.33. The Labute approximate surface area is 146 Å². The van der Waals surface area contributed by atoms with Crippen LogP contribution in [0.5, 0.6) is 0 Å². The Balaban J connectivity index is 2.33. The molecule has 0 saturated heterocycles. The van der Waals surface area contributed by atoms with E-state index in [1.54, 1.807) is 32.0 Å². The smallest absolute Gasteiger partial charge is 0.348 e. The molecule has 1 heterocycles. The molecule has 1 N–H and O–H groups in total. The van der Waals surface area contributed by atoms with Gasteiger partial charge < -0.3 is 10.1 Å². The predicted molar refractivity (Wildman–Crippen MR) is 91.8 cm³/mol. The highest BCUT2D eigenvalue weighted by molar-refractivity contribution is 9.10. The number of thiophene rings is 1. The minimum atomic E-state index is -0.491. The van der Waals surface area contributed by atoms with E-state index >= 15 is 0 Å². The van der Waals surface area contributed by atoms with Gasteiger partial charge in [0, 0.05) is 10.0 Å². The summed E-state index contributed by atoms with van der Waals surface area (Å²) in [6.07, 6.45) is 0. The number of nitriles is 1. The summed E-state index contributed by atoms with van der Waals surface area (Å²) in [7, 11) is 0. The molecule has 118 valence electrons. The number of hydrogen-bond acceptors (Lipinski definition) is 5. The molecule has 0 spiro atoms. The van der Waals surface area contributed by atoms with Crippen molar-refractivity contribution in [2.75, 3.05) is 11.9 Å². The van der Waals surface area contributed by atoms with E-state index < -0.39 is 5.97 Å². The summed E-state index contributed by atoms with van der Waals surface area (Å²) in [5.41, 5.74) is 1.24. The number of benzene rings is 1. The van der Waals surface area contributed by atoms with E-state index in [1.165, 1.54) is 0 Å². The predicted octanol–water partition coefficient (Wildman–Crippen LogP) is 4.12. The summed E-state index contributed by atoms with van der Waals surface area (Å²) in [5.74, 6) is -0.839. The first kappa shape index (κ1) is 17.2. The third-order valence-corrected chi connectivity index (χ3v) is 4.71. The summed E-state index contributed by atoms with van der Waals surface area (Å²) in [6.45, 7) is 3.62. The molecule has 0 radical (unpaired) electrons. The molecule has 0 fully saturated rings. The van der Waals surface area contributed by atoms with E-state index in [-0.39, 0.29) is 18.1 Å². The molecular weight excluding hydrogens is 380 g/mol. The second kappa shape index (κ2) is 7.40. The number of anilines is 1. The van der Waals surface area contributed by atoms with E-state index in [9.17, 15) is 14.9 Å². The first-order chi connectivity index (χ1) is 11.0. The average Bonchev–Trinajstić information content (AvgIpc) is 2.83. The average molecular weight is 393 g/mol. The van der Waals surface area contributed by atoms with Crippen LogP contribution >= 0.6 is 27.3 Å². The summed E-state index contributed by atoms with van der Waals surface area (Å²) < 4.78 is 5.75. The van der Waals surface area contributed by atoms with E-state index in [4.69, 9.17) is 4.74 Å². The lowest BCUT2D eigenvalue weighted by Gasteiger charge is -2.03. The van der Waals surface area contributed by atoms with Gasteiger partial charge >= 0.3 is 5.97 Å². The molecule has 5 nitrogen and oxygen atoms in total. The minimum absolute atomic E-state index is 0.248. The van der Waals surface area contributed by atoms with E-state index in [2.05, 4.69) is 21.2 Å². The number of amides is 1. The number of halogens is 1. The lowest BCUT2D eigenvalue weighted by atomic mass is 10.1. The molecule has 0 saturated carbocycles. The van der Waals surface area contributed by atoms with Crippen molar-refractivity contribution in [3.05, 3.63) is 50.3 Å². The zero-order chi connectivity index (χ0) is 17.0. The van der Waals surface area contributed by atoms with Gasteiger partial charge in [0.1, 0.15) is 15.9 Å². The van der Waals surface area contributed by atoms with Gasteiger partial charge in [-0.15, -0.1) is 11.3 Å². The first-order valence-electron chi connectivity index (χ1n) is 6.75. The van der Waals surface area contributed by atoms with Gasteiger partial charge in [0.25, 0.3) is 5.91 Å². The molecule has 1 amide bonds. The fourth-order valence-corrected chi connectivity index (χ4v) is 3.38. The van der Waals surface area contributed by atoms with Crippen molar-refractivity contribution in [3.63, 3.8) is 0 Å². The number of ether oxygens (including phenoxy) is 1. The lowest BCUT2D eigenvalue weighted by molar-refractivity contribution is 0.0531. The van der Waals surface area contributed by atoms with E-state index in [1.807, 2.05) is 12.1 Å². The van der Waals surface area contributed by atoms with E-state index in [0.717, 1.165) is 15.8 Å². The Morgan fingerprint density at radius 2 is 2.17 bits per heavy atom. The van der Waals surface area contributed by atoms with E-state index in [0.29, 0.717) is 21.0 Å². The second-order valence-corrected chi connectivity index (χ2v) is 6.49. The van der Waals surface area contributed by atoms with Crippen LogP contribution in [0.15, 0.2) is 28.7 Å². The Kier molecular flexibility index (Phi) is 5.53. The van der Waals surface area contributed by atoms with Gasteiger partial charge in [-0.2, -0.15) is 5.26 Å². The van der Waals surface area contributed by atoms with Gasteiger partial charge in [-0.1, -0.05) is 22.0 Å². The third kappa shape index (κ3) is 3.78. The number of nitrogens with one attached hydrogen (secondary N) is 1. The maximum absolute atomic E-state index is 12.3. The van der Waals surface area contributed by atoms with Crippen LogP contribution in [-0.2, 0) is 4.74 Å². The monoisotopic (exact) mass is 392 g/mol. The van der Waals surface area contributed by atoms with Crippen LogP contribution in [0.4, 0.5) is 5.00 Å². The molecule has 23 heavy (non-hydrogen) atoms. The molecule has 2 rings (SSSR count). The Morgan fingerprint density at radius 1 is 1.43 bits per heavy atom. The highest BCUT2D eigenvalue weighted by Gasteiger charge is 2.22. The van der Waals surface area contributed by atoms with Gasteiger partial charge in [-0.3, -0.25) is 4.79 Å². The topological polar surface area (TPSA) is 79.2 Å². The lowest BCUT2D eigenvalue weighted by Crippen LogP contribution is -2.11. The zero-order valence-corrected chi connectivity index (χ0v) is 14.9. The summed E-state index contributed by atoms with van der Waals surface area (Å²) in [6, 6.07) is 8.92. The van der Waals surface area contributed by atoms with Crippen molar-refractivity contribution in [2.24, 2.45) is 0 Å². The molecule has 1 aromatic heterocycles. The number of esters is 1. The maximum Gasteiger partial charge on any atom is 0.348 e. The fourth-order valence-electron chi connectivity index (χ4n) is 1.93. The molecule has 0 unspecified atom stereocenters. The molecule has 1 aromatic carbocycles. The maximum atomic E-state index is 12.3. The second-order valence-electron chi connectivity index (χ2n) is 4.56. The largest absolute Gasteiger partial charge is 0.462 e. The number of carbonyl (C=O) groups is 2. The van der Waals surface area contributed by atoms with Crippen molar-refractivity contribution in [1.29, 1.82) is 5.26 Å².